The molecule has 0 aromatic heterocycles. The van der Waals surface area contributed by atoms with Gasteiger partial charge in [-0.25, -0.2) is 0 Å². The highest BCUT2D eigenvalue weighted by molar-refractivity contribution is 5.92. The zero-order chi connectivity index (χ0) is 21.7. The van der Waals surface area contributed by atoms with Crippen LogP contribution in [-0.2, 0) is 11.0 Å². The summed E-state index contributed by atoms with van der Waals surface area (Å²) in [5.74, 6) is 1.01. The third kappa shape index (κ3) is 5.55. The van der Waals surface area contributed by atoms with Gasteiger partial charge in [-0.2, -0.15) is 13.2 Å². The van der Waals surface area contributed by atoms with Crippen molar-refractivity contribution in [1.82, 2.24) is 5.32 Å². The van der Waals surface area contributed by atoms with E-state index < -0.39 is 17.6 Å². The molecule has 1 heterocycles. The van der Waals surface area contributed by atoms with Crippen LogP contribution in [0.2, 0.25) is 0 Å². The molecule has 1 atom stereocenters. The van der Waals surface area contributed by atoms with Gasteiger partial charge < -0.3 is 14.8 Å². The maximum Gasteiger partial charge on any atom is 0.416 e. The van der Waals surface area contributed by atoms with E-state index in [0.717, 1.165) is 24.1 Å². The van der Waals surface area contributed by atoms with Crippen molar-refractivity contribution in [2.75, 3.05) is 13.2 Å². The maximum absolute atomic E-state index is 12.8. The third-order valence-electron chi connectivity index (χ3n) is 4.74. The standard InChI is InChI=1S/C23H24F3NO3/c1-15(2)22(17-8-9-19-20(14-17)30-12-4-11-29-19)27-21(28)10-7-16-5-3-6-18(13-16)23(24,25)26/h3,5-10,13-15,22H,4,11-12H2,1-2H3,(H,27,28)/b10-7+/t22-/m1/s1. The summed E-state index contributed by atoms with van der Waals surface area (Å²) < 4.78 is 49.9. The number of carbonyl (C=O) groups is 1. The molecule has 7 heteroatoms. The SMILES string of the molecule is CC(C)[C@@H](NC(=O)/C=C/c1cccc(C(F)(F)F)c1)c1ccc2c(c1)OCCCO2. The number of fused-ring (bicyclic) bond motifs is 1. The van der Waals surface area contributed by atoms with E-state index >= 15 is 0 Å². The number of amides is 1. The van der Waals surface area contributed by atoms with Gasteiger partial charge in [0.15, 0.2) is 11.5 Å². The van der Waals surface area contributed by atoms with Crippen LogP contribution in [-0.4, -0.2) is 19.1 Å². The van der Waals surface area contributed by atoms with Gasteiger partial charge >= 0.3 is 6.18 Å². The number of hydrogen-bond donors (Lipinski definition) is 1. The van der Waals surface area contributed by atoms with Crippen LogP contribution in [0.25, 0.3) is 6.08 Å². The van der Waals surface area contributed by atoms with E-state index in [1.807, 2.05) is 32.0 Å². The second kappa shape index (κ2) is 9.24. The summed E-state index contributed by atoms with van der Waals surface area (Å²) in [6.07, 6.45) is -1.01. The number of carbonyl (C=O) groups excluding carboxylic acids is 1. The number of benzene rings is 2. The van der Waals surface area contributed by atoms with Crippen LogP contribution in [0.4, 0.5) is 13.2 Å². The summed E-state index contributed by atoms with van der Waals surface area (Å²) in [4.78, 5) is 12.5. The summed E-state index contributed by atoms with van der Waals surface area (Å²) in [5, 5.41) is 2.93. The molecule has 0 bridgehead atoms. The molecule has 0 saturated carbocycles. The van der Waals surface area contributed by atoms with Crippen LogP contribution >= 0.6 is 0 Å². The first kappa shape index (κ1) is 21.7. The lowest BCUT2D eigenvalue weighted by Gasteiger charge is -2.23. The summed E-state index contributed by atoms with van der Waals surface area (Å²) in [5.41, 5.74) is 0.420. The molecule has 0 spiro atoms. The monoisotopic (exact) mass is 419 g/mol. The Kier molecular flexibility index (Phi) is 6.70. The van der Waals surface area contributed by atoms with Gasteiger partial charge in [-0.3, -0.25) is 4.79 Å². The fraction of sp³-hybridized carbons (Fsp3) is 0.348. The van der Waals surface area contributed by atoms with Gasteiger partial charge in [0.25, 0.3) is 0 Å². The molecule has 2 aromatic rings. The van der Waals surface area contributed by atoms with Crippen LogP contribution in [0.15, 0.2) is 48.5 Å². The molecule has 0 fully saturated rings. The molecule has 1 aliphatic heterocycles. The highest BCUT2D eigenvalue weighted by Gasteiger charge is 2.30. The van der Waals surface area contributed by atoms with E-state index in [2.05, 4.69) is 5.32 Å². The first-order valence-corrected chi connectivity index (χ1v) is 9.79. The van der Waals surface area contributed by atoms with Crippen molar-refractivity contribution in [3.8, 4) is 11.5 Å². The Morgan fingerprint density at radius 1 is 1.07 bits per heavy atom. The Labute approximate surface area is 173 Å². The van der Waals surface area contributed by atoms with E-state index in [-0.39, 0.29) is 12.0 Å². The molecular weight excluding hydrogens is 395 g/mol. The second-order valence-electron chi connectivity index (χ2n) is 7.44. The minimum atomic E-state index is -4.42. The van der Waals surface area contributed by atoms with E-state index in [0.29, 0.717) is 30.3 Å². The van der Waals surface area contributed by atoms with Gasteiger partial charge in [-0.05, 0) is 47.4 Å². The van der Waals surface area contributed by atoms with Gasteiger partial charge in [0.05, 0.1) is 24.8 Å². The fourth-order valence-electron chi connectivity index (χ4n) is 3.20. The van der Waals surface area contributed by atoms with Crippen molar-refractivity contribution in [3.05, 3.63) is 65.2 Å². The van der Waals surface area contributed by atoms with Gasteiger partial charge in [0, 0.05) is 12.5 Å². The lowest BCUT2D eigenvalue weighted by Crippen LogP contribution is -2.30. The average Bonchev–Trinajstić information content (AvgIpc) is 2.94. The first-order valence-electron chi connectivity index (χ1n) is 9.79. The molecule has 1 N–H and O–H groups in total. The molecule has 1 amide bonds. The largest absolute Gasteiger partial charge is 0.490 e. The third-order valence-corrected chi connectivity index (χ3v) is 4.74. The van der Waals surface area contributed by atoms with Crippen molar-refractivity contribution in [3.63, 3.8) is 0 Å². The molecule has 3 rings (SSSR count). The summed E-state index contributed by atoms with van der Waals surface area (Å²) in [6.45, 7) is 5.11. The van der Waals surface area contributed by atoms with Crippen molar-refractivity contribution in [2.45, 2.75) is 32.5 Å². The predicted octanol–water partition coefficient (Wildman–Crippen LogP) is 5.39. The maximum atomic E-state index is 12.8. The topological polar surface area (TPSA) is 47.6 Å². The first-order chi connectivity index (χ1) is 14.2. The number of ether oxygens (including phenoxy) is 2. The number of alkyl halides is 3. The Morgan fingerprint density at radius 3 is 2.50 bits per heavy atom. The van der Waals surface area contributed by atoms with E-state index in [1.54, 1.807) is 0 Å². The lowest BCUT2D eigenvalue weighted by atomic mass is 9.95. The Bertz CT molecular complexity index is 922. The van der Waals surface area contributed by atoms with Gasteiger partial charge in [0.1, 0.15) is 0 Å². The van der Waals surface area contributed by atoms with Crippen LogP contribution < -0.4 is 14.8 Å². The highest BCUT2D eigenvalue weighted by atomic mass is 19.4. The molecule has 1 aliphatic rings. The van der Waals surface area contributed by atoms with Crippen molar-refractivity contribution < 1.29 is 27.4 Å². The lowest BCUT2D eigenvalue weighted by molar-refractivity contribution is -0.137. The minimum absolute atomic E-state index is 0.0839. The number of rotatable bonds is 5. The van der Waals surface area contributed by atoms with Gasteiger partial charge in [-0.15, -0.1) is 0 Å². The molecule has 0 aliphatic carbocycles. The quantitative estimate of drug-likeness (QED) is 0.661. The van der Waals surface area contributed by atoms with E-state index in [1.165, 1.54) is 24.3 Å². The van der Waals surface area contributed by atoms with Gasteiger partial charge in [-0.1, -0.05) is 32.0 Å². The molecule has 2 aromatic carbocycles. The van der Waals surface area contributed by atoms with Crippen LogP contribution in [0, 0.1) is 5.92 Å². The summed E-state index contributed by atoms with van der Waals surface area (Å²) in [7, 11) is 0. The fourth-order valence-corrected chi connectivity index (χ4v) is 3.20. The number of nitrogens with one attached hydrogen (secondary N) is 1. The van der Waals surface area contributed by atoms with Crippen LogP contribution in [0.5, 0.6) is 11.5 Å². The molecule has 0 unspecified atom stereocenters. The molecule has 0 radical (unpaired) electrons. The van der Waals surface area contributed by atoms with Crippen molar-refractivity contribution in [1.29, 1.82) is 0 Å². The Balaban J connectivity index is 1.73. The zero-order valence-electron chi connectivity index (χ0n) is 16.8. The molecule has 160 valence electrons. The highest BCUT2D eigenvalue weighted by Crippen LogP contribution is 2.34. The van der Waals surface area contributed by atoms with Crippen LogP contribution in [0.3, 0.4) is 0 Å². The van der Waals surface area contributed by atoms with E-state index in [9.17, 15) is 18.0 Å². The smallest absolute Gasteiger partial charge is 0.416 e. The van der Waals surface area contributed by atoms with Crippen molar-refractivity contribution >= 4 is 12.0 Å². The van der Waals surface area contributed by atoms with Gasteiger partial charge in [0.2, 0.25) is 5.91 Å². The Morgan fingerprint density at radius 2 is 1.80 bits per heavy atom. The number of halogens is 3. The number of hydrogen-bond acceptors (Lipinski definition) is 3. The van der Waals surface area contributed by atoms with E-state index in [4.69, 9.17) is 9.47 Å². The summed E-state index contributed by atoms with van der Waals surface area (Å²) >= 11 is 0. The molecule has 30 heavy (non-hydrogen) atoms. The Hall–Kier alpha value is -2.96. The second-order valence-corrected chi connectivity index (χ2v) is 7.44. The van der Waals surface area contributed by atoms with Crippen LogP contribution in [0.1, 0.15) is 43.0 Å². The molecule has 4 nitrogen and oxygen atoms in total. The molecular formula is C23H24F3NO3. The summed E-state index contributed by atoms with van der Waals surface area (Å²) in [6, 6.07) is 10.1. The zero-order valence-corrected chi connectivity index (χ0v) is 16.8. The minimum Gasteiger partial charge on any atom is -0.490 e. The van der Waals surface area contributed by atoms with Crippen molar-refractivity contribution in [2.24, 2.45) is 5.92 Å². The predicted molar refractivity (Wildman–Crippen MR) is 108 cm³/mol. The molecule has 0 saturated heterocycles. The average molecular weight is 419 g/mol. The normalized spacial score (nSPS) is 15.1.